The van der Waals surface area contributed by atoms with Crippen molar-refractivity contribution in [3.8, 4) is 6.07 Å². The minimum absolute atomic E-state index is 0.967. The first kappa shape index (κ1) is 7.82. The number of thiophene rings is 1. The van der Waals surface area contributed by atoms with E-state index in [9.17, 15) is 0 Å². The lowest BCUT2D eigenvalue weighted by atomic mass is 9.95. The van der Waals surface area contributed by atoms with Gasteiger partial charge in [0.05, 0.1) is 5.56 Å². The van der Waals surface area contributed by atoms with Gasteiger partial charge in [-0.3, -0.25) is 0 Å². The Morgan fingerprint density at radius 1 is 1.33 bits per heavy atom. The van der Waals surface area contributed by atoms with Gasteiger partial charge in [0.1, 0.15) is 6.07 Å². The fourth-order valence-corrected chi connectivity index (χ4v) is 3.06. The smallest absolute Gasteiger partial charge is 0.101 e. The number of hydrogen-bond donors (Lipinski definition) is 0. The normalized spacial score (nSPS) is 15.3. The maximum absolute atomic E-state index is 8.92. The molecule has 1 aliphatic carbocycles. The summed E-state index contributed by atoms with van der Waals surface area (Å²) in [7, 11) is 0. The molecule has 0 N–H and O–H groups in total. The highest BCUT2D eigenvalue weighted by atomic mass is 32.1. The van der Waals surface area contributed by atoms with Gasteiger partial charge in [-0.2, -0.15) is 5.26 Å². The lowest BCUT2D eigenvalue weighted by Gasteiger charge is -2.09. The van der Waals surface area contributed by atoms with Crippen molar-refractivity contribution in [3.63, 3.8) is 0 Å². The van der Waals surface area contributed by atoms with Crippen LogP contribution in [0.25, 0.3) is 0 Å². The summed E-state index contributed by atoms with van der Waals surface area (Å²) < 4.78 is 0. The molecule has 1 heterocycles. The van der Waals surface area contributed by atoms with Crippen LogP contribution in [0.2, 0.25) is 0 Å². The van der Waals surface area contributed by atoms with Crippen molar-refractivity contribution < 1.29 is 0 Å². The average Bonchev–Trinajstić information content (AvgIpc) is 2.40. The SMILES string of the molecule is Cc1sc2c(c1C#N)CCCC2. The van der Waals surface area contributed by atoms with Gasteiger partial charge in [0.2, 0.25) is 0 Å². The summed E-state index contributed by atoms with van der Waals surface area (Å²) in [4.78, 5) is 2.68. The van der Waals surface area contributed by atoms with Crippen LogP contribution in [0.5, 0.6) is 0 Å². The molecular weight excluding hydrogens is 166 g/mol. The zero-order chi connectivity index (χ0) is 8.55. The van der Waals surface area contributed by atoms with Crippen molar-refractivity contribution in [2.75, 3.05) is 0 Å². The van der Waals surface area contributed by atoms with Crippen LogP contribution in [-0.2, 0) is 12.8 Å². The Labute approximate surface area is 76.6 Å². The molecule has 0 unspecified atom stereocenters. The molecule has 0 atom stereocenters. The van der Waals surface area contributed by atoms with Crippen LogP contribution < -0.4 is 0 Å². The standard InChI is InChI=1S/C10H11NS/c1-7-9(6-11)8-4-2-3-5-10(8)12-7/h2-5H2,1H3. The molecule has 12 heavy (non-hydrogen) atoms. The van der Waals surface area contributed by atoms with Gasteiger partial charge in [0.25, 0.3) is 0 Å². The third-order valence-electron chi connectivity index (χ3n) is 2.46. The van der Waals surface area contributed by atoms with Crippen LogP contribution in [0.3, 0.4) is 0 Å². The monoisotopic (exact) mass is 177 g/mol. The maximum Gasteiger partial charge on any atom is 0.101 e. The molecule has 1 aromatic rings. The lowest BCUT2D eigenvalue weighted by Crippen LogP contribution is -1.99. The molecule has 1 nitrogen and oxygen atoms in total. The summed E-state index contributed by atoms with van der Waals surface area (Å²) in [5.74, 6) is 0. The molecule has 62 valence electrons. The Kier molecular flexibility index (Phi) is 1.90. The first-order valence-electron chi connectivity index (χ1n) is 4.34. The molecular formula is C10H11NS. The van der Waals surface area contributed by atoms with Crippen molar-refractivity contribution in [1.82, 2.24) is 0 Å². The fourth-order valence-electron chi connectivity index (χ4n) is 1.85. The van der Waals surface area contributed by atoms with E-state index < -0.39 is 0 Å². The zero-order valence-electron chi connectivity index (χ0n) is 7.18. The number of hydrogen-bond acceptors (Lipinski definition) is 2. The van der Waals surface area contributed by atoms with E-state index >= 15 is 0 Å². The van der Waals surface area contributed by atoms with Crippen molar-refractivity contribution in [3.05, 3.63) is 20.9 Å². The van der Waals surface area contributed by atoms with Gasteiger partial charge >= 0.3 is 0 Å². The van der Waals surface area contributed by atoms with Crippen LogP contribution in [0.4, 0.5) is 0 Å². The number of rotatable bonds is 0. The topological polar surface area (TPSA) is 23.8 Å². The molecule has 0 aromatic carbocycles. The summed E-state index contributed by atoms with van der Waals surface area (Å²) >= 11 is 1.82. The molecule has 0 amide bonds. The van der Waals surface area contributed by atoms with Crippen molar-refractivity contribution >= 4 is 11.3 Å². The predicted molar refractivity (Wildman–Crippen MR) is 50.4 cm³/mol. The van der Waals surface area contributed by atoms with Gasteiger partial charge in [0, 0.05) is 9.75 Å². The van der Waals surface area contributed by atoms with Crippen molar-refractivity contribution in [2.45, 2.75) is 32.6 Å². The minimum Gasteiger partial charge on any atom is -0.192 e. The third-order valence-corrected chi connectivity index (χ3v) is 3.67. The lowest BCUT2D eigenvalue weighted by molar-refractivity contribution is 0.696. The summed E-state index contributed by atoms with van der Waals surface area (Å²) in [6, 6.07) is 2.31. The zero-order valence-corrected chi connectivity index (χ0v) is 8.00. The van der Waals surface area contributed by atoms with Crippen LogP contribution >= 0.6 is 11.3 Å². The molecule has 0 bridgehead atoms. The fraction of sp³-hybridized carbons (Fsp3) is 0.500. The van der Waals surface area contributed by atoms with Crippen LogP contribution in [0.1, 0.15) is 33.7 Å². The van der Waals surface area contributed by atoms with Gasteiger partial charge in [-0.05, 0) is 38.2 Å². The van der Waals surface area contributed by atoms with Crippen molar-refractivity contribution in [1.29, 1.82) is 5.26 Å². The minimum atomic E-state index is 0.967. The molecule has 0 fully saturated rings. The van der Waals surface area contributed by atoms with Gasteiger partial charge in [-0.1, -0.05) is 0 Å². The molecule has 1 aliphatic rings. The van der Waals surface area contributed by atoms with Crippen molar-refractivity contribution in [2.24, 2.45) is 0 Å². The second kappa shape index (κ2) is 2.91. The molecule has 1 aromatic heterocycles. The summed E-state index contributed by atoms with van der Waals surface area (Å²) in [6.45, 7) is 2.06. The Hall–Kier alpha value is -0.810. The van der Waals surface area contributed by atoms with E-state index in [1.54, 1.807) is 0 Å². The number of nitrogens with zero attached hydrogens (tertiary/aromatic N) is 1. The van der Waals surface area contributed by atoms with Gasteiger partial charge in [-0.15, -0.1) is 11.3 Å². The van der Waals surface area contributed by atoms with Gasteiger partial charge < -0.3 is 0 Å². The van der Waals surface area contributed by atoms with E-state index in [0.29, 0.717) is 0 Å². The molecule has 0 saturated heterocycles. The molecule has 2 heteroatoms. The molecule has 0 spiro atoms. The molecule has 0 radical (unpaired) electrons. The maximum atomic E-state index is 8.92. The first-order chi connectivity index (χ1) is 5.83. The molecule has 0 aliphatic heterocycles. The van der Waals surface area contributed by atoms with Gasteiger partial charge in [-0.25, -0.2) is 0 Å². The quantitative estimate of drug-likeness (QED) is 0.597. The van der Waals surface area contributed by atoms with E-state index in [-0.39, 0.29) is 0 Å². The highest BCUT2D eigenvalue weighted by Crippen LogP contribution is 2.33. The molecule has 2 rings (SSSR count). The van der Waals surface area contributed by atoms with Crippen LogP contribution in [0.15, 0.2) is 0 Å². The van der Waals surface area contributed by atoms with E-state index in [2.05, 4.69) is 13.0 Å². The second-order valence-electron chi connectivity index (χ2n) is 3.25. The van der Waals surface area contributed by atoms with E-state index in [4.69, 9.17) is 5.26 Å². The number of aryl methyl sites for hydroxylation is 2. The summed E-state index contributed by atoms with van der Waals surface area (Å²) in [5, 5.41) is 8.92. The Balaban J connectivity index is 2.56. The summed E-state index contributed by atoms with van der Waals surface area (Å²) in [5.41, 5.74) is 2.32. The largest absolute Gasteiger partial charge is 0.192 e. The number of fused-ring (bicyclic) bond motifs is 1. The second-order valence-corrected chi connectivity index (χ2v) is 4.56. The third kappa shape index (κ3) is 1.05. The summed E-state index contributed by atoms with van der Waals surface area (Å²) in [6.07, 6.45) is 4.89. The Bertz CT molecular complexity index is 343. The number of nitriles is 1. The van der Waals surface area contributed by atoms with E-state index in [1.165, 1.54) is 34.6 Å². The van der Waals surface area contributed by atoms with Crippen LogP contribution in [-0.4, -0.2) is 0 Å². The van der Waals surface area contributed by atoms with Gasteiger partial charge in [0.15, 0.2) is 0 Å². The average molecular weight is 177 g/mol. The first-order valence-corrected chi connectivity index (χ1v) is 5.16. The van der Waals surface area contributed by atoms with E-state index in [0.717, 1.165) is 12.0 Å². The predicted octanol–water partition coefficient (Wildman–Crippen LogP) is 2.81. The van der Waals surface area contributed by atoms with E-state index in [1.807, 2.05) is 11.3 Å². The highest BCUT2D eigenvalue weighted by molar-refractivity contribution is 7.12. The highest BCUT2D eigenvalue weighted by Gasteiger charge is 2.17. The Morgan fingerprint density at radius 3 is 2.83 bits per heavy atom. The Morgan fingerprint density at radius 2 is 2.08 bits per heavy atom. The van der Waals surface area contributed by atoms with Crippen LogP contribution in [0, 0.1) is 18.3 Å². The molecule has 0 saturated carbocycles.